The second kappa shape index (κ2) is 18.8. The van der Waals surface area contributed by atoms with Crippen LogP contribution in [0, 0.1) is 0 Å². The largest absolute Gasteiger partial charge is 0.375 e. The number of rotatable bonds is 12. The molecule has 0 aromatic carbocycles. The third-order valence-corrected chi connectivity index (χ3v) is 2.16. The summed E-state index contributed by atoms with van der Waals surface area (Å²) >= 11 is 0. The van der Waals surface area contributed by atoms with E-state index >= 15 is 0 Å². The third kappa shape index (κ3) is 22.0. The van der Waals surface area contributed by atoms with E-state index in [4.69, 9.17) is 30.4 Å². The fourth-order valence-corrected chi connectivity index (χ4v) is 1.22. The Kier molecular flexibility index (Phi) is 25.4. The first-order valence-corrected chi connectivity index (χ1v) is 6.81. The van der Waals surface area contributed by atoms with Crippen molar-refractivity contribution in [1.29, 1.82) is 0 Å². The molecule has 4 unspecified atom stereocenters. The molecule has 6 nitrogen and oxygen atoms in total. The molecule has 0 aliphatic carbocycles. The van der Waals surface area contributed by atoms with Gasteiger partial charge in [-0.25, -0.2) is 0 Å². The van der Waals surface area contributed by atoms with Crippen LogP contribution in [-0.2, 0) is 18.9 Å². The molecule has 4 N–H and O–H groups in total. The van der Waals surface area contributed by atoms with E-state index in [1.807, 2.05) is 27.7 Å². The van der Waals surface area contributed by atoms with E-state index in [9.17, 15) is 0 Å². The smallest absolute Gasteiger partial charge is 0.146 e. The van der Waals surface area contributed by atoms with Gasteiger partial charge in [-0.2, -0.15) is 0 Å². The van der Waals surface area contributed by atoms with Crippen LogP contribution < -0.4 is 11.5 Å². The number of hydrogen-bond donors (Lipinski definition) is 2. The highest BCUT2D eigenvalue weighted by Crippen LogP contribution is 1.98. The van der Waals surface area contributed by atoms with Gasteiger partial charge in [-0.1, -0.05) is 22.3 Å². The van der Waals surface area contributed by atoms with Crippen LogP contribution in [0.2, 0.25) is 0 Å². The molecule has 22 heavy (non-hydrogen) atoms. The van der Waals surface area contributed by atoms with Crippen LogP contribution in [0.15, 0.2) is 0 Å². The Bertz CT molecular complexity index is 205. The van der Waals surface area contributed by atoms with Crippen LogP contribution in [-0.4, -0.2) is 57.5 Å². The van der Waals surface area contributed by atoms with Crippen molar-refractivity contribution in [1.82, 2.24) is 0 Å². The van der Waals surface area contributed by atoms with Crippen molar-refractivity contribution < 1.29 is 18.9 Å². The molecule has 0 bridgehead atoms. The van der Waals surface area contributed by atoms with Crippen molar-refractivity contribution in [3.05, 3.63) is 0 Å². The van der Waals surface area contributed by atoms with Crippen LogP contribution in [0.4, 0.5) is 0 Å². The Balaban J connectivity index is -0.000000540. The molecule has 0 fully saturated rings. The van der Waals surface area contributed by atoms with Gasteiger partial charge in [0.25, 0.3) is 0 Å². The highest BCUT2D eigenvalue weighted by molar-refractivity contribution is 4.55. The monoisotopic (exact) mass is 326 g/mol. The molecule has 0 aliphatic heterocycles. The minimum absolute atomic E-state index is 0. The van der Waals surface area contributed by atoms with Gasteiger partial charge >= 0.3 is 0 Å². The molecular weight excluding hydrogens is 284 g/mol. The summed E-state index contributed by atoms with van der Waals surface area (Å²) in [5.41, 5.74) is 11.1. The molecule has 0 rings (SSSR count). The SMILES string of the molecule is C.C.C.CC(N)COCOCC(C)OCC(C)OCC(C)N. The molecule has 0 amide bonds. The number of ether oxygens (including phenoxy) is 4. The predicted molar refractivity (Wildman–Crippen MR) is 95.1 cm³/mol. The van der Waals surface area contributed by atoms with E-state index in [-0.39, 0.29) is 53.4 Å². The fourth-order valence-electron chi connectivity index (χ4n) is 1.22. The minimum atomic E-state index is 0. The van der Waals surface area contributed by atoms with Crippen molar-refractivity contribution in [2.75, 3.05) is 33.2 Å². The topological polar surface area (TPSA) is 89.0 Å². The van der Waals surface area contributed by atoms with E-state index < -0.39 is 0 Å². The Labute approximate surface area is 138 Å². The van der Waals surface area contributed by atoms with Crippen LogP contribution in [0.3, 0.4) is 0 Å². The lowest BCUT2D eigenvalue weighted by atomic mass is 10.3. The van der Waals surface area contributed by atoms with Gasteiger partial charge in [-0.15, -0.1) is 0 Å². The summed E-state index contributed by atoms with van der Waals surface area (Å²) in [7, 11) is 0. The van der Waals surface area contributed by atoms with Crippen LogP contribution in [0.1, 0.15) is 50.0 Å². The molecule has 6 heteroatoms. The highest BCUT2D eigenvalue weighted by Gasteiger charge is 2.08. The first kappa shape index (κ1) is 29.7. The first-order valence-electron chi connectivity index (χ1n) is 6.81. The number of hydrogen-bond acceptors (Lipinski definition) is 6. The Morgan fingerprint density at radius 3 is 1.55 bits per heavy atom. The van der Waals surface area contributed by atoms with E-state index in [2.05, 4.69) is 0 Å². The van der Waals surface area contributed by atoms with Crippen molar-refractivity contribution in [3.63, 3.8) is 0 Å². The average Bonchev–Trinajstić information content (AvgIpc) is 2.33. The zero-order valence-electron chi connectivity index (χ0n) is 12.6. The van der Waals surface area contributed by atoms with Gasteiger partial charge in [0.05, 0.1) is 38.6 Å². The summed E-state index contributed by atoms with van der Waals surface area (Å²) < 4.78 is 21.6. The third-order valence-electron chi connectivity index (χ3n) is 2.16. The minimum Gasteiger partial charge on any atom is -0.375 e. The van der Waals surface area contributed by atoms with Crippen LogP contribution in [0.25, 0.3) is 0 Å². The first-order chi connectivity index (χ1) is 8.91. The molecule has 0 radical (unpaired) electrons. The lowest BCUT2D eigenvalue weighted by Crippen LogP contribution is -2.29. The Morgan fingerprint density at radius 2 is 1.05 bits per heavy atom. The van der Waals surface area contributed by atoms with Gasteiger partial charge in [0.2, 0.25) is 0 Å². The fraction of sp³-hybridized carbons (Fsp3) is 1.00. The normalized spacial score (nSPS) is 15.5. The van der Waals surface area contributed by atoms with Gasteiger partial charge in [0.15, 0.2) is 0 Å². The quantitative estimate of drug-likeness (QED) is 0.423. The van der Waals surface area contributed by atoms with Crippen molar-refractivity contribution in [2.45, 2.75) is 74.3 Å². The van der Waals surface area contributed by atoms with E-state index in [1.165, 1.54) is 0 Å². The van der Waals surface area contributed by atoms with E-state index in [1.54, 1.807) is 0 Å². The molecule has 140 valence electrons. The maximum absolute atomic E-state index is 5.60. The average molecular weight is 327 g/mol. The zero-order valence-corrected chi connectivity index (χ0v) is 12.6. The zero-order chi connectivity index (χ0) is 14.7. The van der Waals surface area contributed by atoms with Crippen LogP contribution >= 0.6 is 0 Å². The van der Waals surface area contributed by atoms with Gasteiger partial charge in [-0.05, 0) is 27.7 Å². The summed E-state index contributed by atoms with van der Waals surface area (Å²) in [6.07, 6.45) is 0.0306. The van der Waals surface area contributed by atoms with Gasteiger partial charge in [0, 0.05) is 12.1 Å². The van der Waals surface area contributed by atoms with Crippen LogP contribution in [0.5, 0.6) is 0 Å². The maximum atomic E-state index is 5.60. The lowest BCUT2D eigenvalue weighted by Gasteiger charge is -2.18. The molecule has 0 aromatic rings. The highest BCUT2D eigenvalue weighted by atomic mass is 16.7. The molecule has 0 aliphatic rings. The summed E-state index contributed by atoms with van der Waals surface area (Å²) in [5, 5.41) is 0. The van der Waals surface area contributed by atoms with Gasteiger partial charge < -0.3 is 30.4 Å². The summed E-state index contributed by atoms with van der Waals surface area (Å²) in [6.45, 7) is 9.99. The molecule has 0 spiro atoms. The second-order valence-corrected chi connectivity index (χ2v) is 5.10. The summed E-state index contributed by atoms with van der Waals surface area (Å²) in [6, 6.07) is 0.0745. The molecule has 4 atom stereocenters. The summed E-state index contributed by atoms with van der Waals surface area (Å²) in [5.74, 6) is 0. The van der Waals surface area contributed by atoms with Gasteiger partial charge in [0.1, 0.15) is 6.79 Å². The summed E-state index contributed by atoms with van der Waals surface area (Å²) in [4.78, 5) is 0. The number of nitrogens with two attached hydrogens (primary N) is 2. The standard InChI is InChI=1S/C13H30N2O4.3CH4/c1-10(14)5-16-9-17-7-12(3)19-8-13(4)18-6-11(2)15;;;/h10-13H,5-9,14-15H2,1-4H3;3*1H4. The van der Waals surface area contributed by atoms with Crippen molar-refractivity contribution >= 4 is 0 Å². The Morgan fingerprint density at radius 1 is 0.636 bits per heavy atom. The molecule has 0 saturated carbocycles. The van der Waals surface area contributed by atoms with Gasteiger partial charge in [-0.3, -0.25) is 0 Å². The molecule has 0 saturated heterocycles. The van der Waals surface area contributed by atoms with E-state index in [0.717, 1.165) is 0 Å². The van der Waals surface area contributed by atoms with E-state index in [0.29, 0.717) is 26.4 Å². The second-order valence-electron chi connectivity index (χ2n) is 5.10. The predicted octanol–water partition coefficient (Wildman–Crippen LogP) is 2.39. The lowest BCUT2D eigenvalue weighted by molar-refractivity contribution is -0.102. The molecular formula is C16H42N2O4. The molecule has 0 aromatic heterocycles. The molecule has 0 heterocycles. The van der Waals surface area contributed by atoms with Crippen molar-refractivity contribution in [3.8, 4) is 0 Å². The Hall–Kier alpha value is -0.240. The maximum Gasteiger partial charge on any atom is 0.146 e. The van der Waals surface area contributed by atoms with Crippen molar-refractivity contribution in [2.24, 2.45) is 11.5 Å².